The van der Waals surface area contributed by atoms with E-state index in [2.05, 4.69) is 9.72 Å². The van der Waals surface area contributed by atoms with E-state index in [1.165, 1.54) is 7.11 Å². The molecule has 0 fully saturated rings. The number of nitrogens with zero attached hydrogens (tertiary/aromatic N) is 2. The fourth-order valence-electron chi connectivity index (χ4n) is 1.30. The highest BCUT2D eigenvalue weighted by Crippen LogP contribution is 2.09. The molecular formula is C11H10N2O2. The summed E-state index contributed by atoms with van der Waals surface area (Å²) in [5.41, 5.74) is 1.19. The number of esters is 1. The van der Waals surface area contributed by atoms with Crippen LogP contribution in [0.15, 0.2) is 42.9 Å². The van der Waals surface area contributed by atoms with Crippen molar-refractivity contribution in [2.45, 2.75) is 0 Å². The molecule has 2 aromatic heterocycles. The van der Waals surface area contributed by atoms with E-state index in [0.29, 0.717) is 5.69 Å². The first-order chi connectivity index (χ1) is 7.31. The third-order valence-corrected chi connectivity index (χ3v) is 2.04. The van der Waals surface area contributed by atoms with Crippen LogP contribution in [0, 0.1) is 0 Å². The Bertz CT molecular complexity index is 463. The quantitative estimate of drug-likeness (QED) is 0.695. The predicted octanol–water partition coefficient (Wildman–Crippen LogP) is 1.66. The largest absolute Gasteiger partial charge is 0.464 e. The summed E-state index contributed by atoms with van der Waals surface area (Å²) in [6, 6.07) is 7.34. The first kappa shape index (κ1) is 9.45. The van der Waals surface area contributed by atoms with Gasteiger partial charge in [-0.25, -0.2) is 9.78 Å². The summed E-state index contributed by atoms with van der Waals surface area (Å²) in [6.45, 7) is 0. The maximum Gasteiger partial charge on any atom is 0.356 e. The maximum absolute atomic E-state index is 11.2. The van der Waals surface area contributed by atoms with Crippen LogP contribution >= 0.6 is 0 Å². The van der Waals surface area contributed by atoms with Crippen molar-refractivity contribution in [3.05, 3.63) is 48.5 Å². The molecule has 0 spiro atoms. The highest BCUT2D eigenvalue weighted by Gasteiger charge is 2.07. The molecule has 0 saturated carbocycles. The van der Waals surface area contributed by atoms with Gasteiger partial charge in [0.25, 0.3) is 0 Å². The van der Waals surface area contributed by atoms with Gasteiger partial charge >= 0.3 is 5.97 Å². The number of pyridine rings is 1. The number of rotatable bonds is 2. The van der Waals surface area contributed by atoms with E-state index >= 15 is 0 Å². The number of hydrogen-bond donors (Lipinski definition) is 0. The van der Waals surface area contributed by atoms with Crippen LogP contribution in [0.5, 0.6) is 0 Å². The minimum absolute atomic E-state index is 0.309. The van der Waals surface area contributed by atoms with E-state index < -0.39 is 5.97 Å². The highest BCUT2D eigenvalue weighted by atomic mass is 16.5. The van der Waals surface area contributed by atoms with E-state index in [9.17, 15) is 4.79 Å². The number of carbonyl (C=O) groups is 1. The van der Waals surface area contributed by atoms with Crippen molar-refractivity contribution >= 4 is 5.97 Å². The van der Waals surface area contributed by atoms with Gasteiger partial charge in [-0.05, 0) is 24.3 Å². The van der Waals surface area contributed by atoms with Crippen LogP contribution in [0.25, 0.3) is 5.69 Å². The summed E-state index contributed by atoms with van der Waals surface area (Å²) in [6.07, 6.45) is 5.38. The molecule has 4 nitrogen and oxygen atoms in total. The summed E-state index contributed by atoms with van der Waals surface area (Å²) in [4.78, 5) is 15.2. The van der Waals surface area contributed by atoms with Gasteiger partial charge in [0.2, 0.25) is 0 Å². The smallest absolute Gasteiger partial charge is 0.356 e. The van der Waals surface area contributed by atoms with Crippen LogP contribution in [0.1, 0.15) is 10.5 Å². The van der Waals surface area contributed by atoms with Gasteiger partial charge < -0.3 is 9.30 Å². The summed E-state index contributed by atoms with van der Waals surface area (Å²) in [7, 11) is 1.34. The van der Waals surface area contributed by atoms with Crippen molar-refractivity contribution in [1.82, 2.24) is 9.55 Å². The van der Waals surface area contributed by atoms with Crippen LogP contribution in [0.3, 0.4) is 0 Å². The van der Waals surface area contributed by atoms with Gasteiger partial charge in [-0.1, -0.05) is 0 Å². The number of carbonyl (C=O) groups excluding carboxylic acids is 1. The topological polar surface area (TPSA) is 44.1 Å². The Labute approximate surface area is 87.1 Å². The lowest BCUT2D eigenvalue weighted by atomic mass is 10.3. The van der Waals surface area contributed by atoms with E-state index in [4.69, 9.17) is 0 Å². The molecule has 0 amide bonds. The van der Waals surface area contributed by atoms with Crippen LogP contribution in [-0.4, -0.2) is 22.6 Å². The van der Waals surface area contributed by atoms with Gasteiger partial charge in [-0.15, -0.1) is 0 Å². The van der Waals surface area contributed by atoms with Crippen molar-refractivity contribution in [2.75, 3.05) is 7.11 Å². The van der Waals surface area contributed by atoms with Gasteiger partial charge in [0, 0.05) is 24.3 Å². The predicted molar refractivity (Wildman–Crippen MR) is 54.9 cm³/mol. The van der Waals surface area contributed by atoms with Crippen molar-refractivity contribution in [1.29, 1.82) is 0 Å². The van der Waals surface area contributed by atoms with E-state index in [1.807, 2.05) is 35.2 Å². The van der Waals surface area contributed by atoms with E-state index in [0.717, 1.165) is 5.69 Å². The Kier molecular flexibility index (Phi) is 2.49. The summed E-state index contributed by atoms with van der Waals surface area (Å²) < 4.78 is 6.49. The lowest BCUT2D eigenvalue weighted by Gasteiger charge is -2.03. The Hall–Kier alpha value is -2.10. The Morgan fingerprint density at radius 3 is 2.80 bits per heavy atom. The molecule has 0 bridgehead atoms. The molecule has 4 heteroatoms. The first-order valence-electron chi connectivity index (χ1n) is 4.49. The van der Waals surface area contributed by atoms with Gasteiger partial charge in [-0.3, -0.25) is 0 Å². The van der Waals surface area contributed by atoms with Crippen LogP contribution in [-0.2, 0) is 4.74 Å². The average molecular weight is 202 g/mol. The van der Waals surface area contributed by atoms with Crippen molar-refractivity contribution in [2.24, 2.45) is 0 Å². The third kappa shape index (κ3) is 1.88. The molecule has 2 heterocycles. The fraction of sp³-hybridized carbons (Fsp3) is 0.0909. The zero-order chi connectivity index (χ0) is 10.7. The normalized spacial score (nSPS) is 9.93. The Morgan fingerprint density at radius 2 is 2.13 bits per heavy atom. The number of methoxy groups -OCH3 is 1. The van der Waals surface area contributed by atoms with Crippen molar-refractivity contribution in [3.63, 3.8) is 0 Å². The molecule has 0 N–H and O–H groups in total. The summed E-state index contributed by atoms with van der Waals surface area (Å²) >= 11 is 0. The zero-order valence-corrected chi connectivity index (χ0v) is 8.25. The second kappa shape index (κ2) is 3.96. The number of ether oxygens (including phenoxy) is 1. The molecule has 0 aromatic carbocycles. The van der Waals surface area contributed by atoms with Crippen molar-refractivity contribution < 1.29 is 9.53 Å². The van der Waals surface area contributed by atoms with Gasteiger partial charge in [0.05, 0.1) is 7.11 Å². The second-order valence-corrected chi connectivity index (χ2v) is 2.98. The van der Waals surface area contributed by atoms with Crippen molar-refractivity contribution in [3.8, 4) is 5.69 Å². The molecule has 76 valence electrons. The molecule has 2 rings (SSSR count). The van der Waals surface area contributed by atoms with Gasteiger partial charge in [-0.2, -0.15) is 0 Å². The van der Waals surface area contributed by atoms with Crippen LogP contribution in [0.4, 0.5) is 0 Å². The minimum atomic E-state index is -0.427. The molecule has 0 aliphatic carbocycles. The standard InChI is InChI=1S/C11H10N2O2/c1-15-11(14)10-8-9(4-5-12-10)13-6-2-3-7-13/h2-8H,1H3. The molecule has 0 aliphatic heterocycles. The molecule has 0 saturated heterocycles. The summed E-state index contributed by atoms with van der Waals surface area (Å²) in [5, 5.41) is 0. The fourth-order valence-corrected chi connectivity index (χ4v) is 1.30. The lowest BCUT2D eigenvalue weighted by Crippen LogP contribution is -2.05. The van der Waals surface area contributed by atoms with Gasteiger partial charge in [0.1, 0.15) is 5.69 Å². The van der Waals surface area contributed by atoms with Crippen LogP contribution in [0.2, 0.25) is 0 Å². The highest BCUT2D eigenvalue weighted by molar-refractivity contribution is 5.87. The summed E-state index contributed by atoms with van der Waals surface area (Å²) in [5.74, 6) is -0.427. The zero-order valence-electron chi connectivity index (χ0n) is 8.25. The van der Waals surface area contributed by atoms with E-state index in [-0.39, 0.29) is 0 Å². The lowest BCUT2D eigenvalue weighted by molar-refractivity contribution is 0.0594. The first-order valence-corrected chi connectivity index (χ1v) is 4.49. The minimum Gasteiger partial charge on any atom is -0.464 e. The Morgan fingerprint density at radius 1 is 1.40 bits per heavy atom. The molecule has 0 radical (unpaired) electrons. The van der Waals surface area contributed by atoms with E-state index in [1.54, 1.807) is 12.3 Å². The molecular weight excluding hydrogens is 192 g/mol. The second-order valence-electron chi connectivity index (χ2n) is 2.98. The molecule has 0 unspecified atom stereocenters. The van der Waals surface area contributed by atoms with Gasteiger partial charge in [0.15, 0.2) is 0 Å². The third-order valence-electron chi connectivity index (χ3n) is 2.04. The molecule has 15 heavy (non-hydrogen) atoms. The molecule has 2 aromatic rings. The molecule has 0 atom stereocenters. The number of aromatic nitrogens is 2. The van der Waals surface area contributed by atoms with Crippen LogP contribution < -0.4 is 0 Å². The average Bonchev–Trinajstić information content (AvgIpc) is 2.82. The maximum atomic E-state index is 11.2. The monoisotopic (exact) mass is 202 g/mol. The SMILES string of the molecule is COC(=O)c1cc(-n2cccc2)ccn1. The number of hydrogen-bond acceptors (Lipinski definition) is 3. The molecule has 0 aliphatic rings. The Balaban J connectivity index is 2.39.